The summed E-state index contributed by atoms with van der Waals surface area (Å²) in [6, 6.07) is 4.24. The van der Waals surface area contributed by atoms with Crippen molar-refractivity contribution in [1.29, 1.82) is 0 Å². The zero-order valence-corrected chi connectivity index (χ0v) is 9.17. The maximum absolute atomic E-state index is 6.21. The quantitative estimate of drug-likeness (QED) is 0.776. The molecule has 0 amide bonds. The molecule has 1 aromatic rings. The molecule has 1 fully saturated rings. The van der Waals surface area contributed by atoms with Gasteiger partial charge in [-0.1, -0.05) is 6.07 Å². The number of aromatic nitrogens is 1. The summed E-state index contributed by atoms with van der Waals surface area (Å²) in [6.45, 7) is 6.26. The van der Waals surface area contributed by atoms with Crippen molar-refractivity contribution in [2.45, 2.75) is 44.6 Å². The molecule has 0 radical (unpaired) electrons. The summed E-state index contributed by atoms with van der Waals surface area (Å²) in [5, 5.41) is 0. The lowest BCUT2D eigenvalue weighted by molar-refractivity contribution is 0.384. The molecule has 0 aliphatic heterocycles. The summed E-state index contributed by atoms with van der Waals surface area (Å²) in [7, 11) is 0. The maximum atomic E-state index is 6.21. The van der Waals surface area contributed by atoms with Gasteiger partial charge < -0.3 is 5.73 Å². The van der Waals surface area contributed by atoms with Gasteiger partial charge in [0.05, 0.1) is 0 Å². The van der Waals surface area contributed by atoms with Gasteiger partial charge in [-0.15, -0.1) is 0 Å². The molecule has 1 aliphatic carbocycles. The average Bonchev–Trinajstić information content (AvgIpc) is 2.84. The molecule has 0 unspecified atom stereocenters. The molecule has 0 spiro atoms. The van der Waals surface area contributed by atoms with Crippen LogP contribution in [0.1, 0.15) is 37.9 Å². The normalized spacial score (nSPS) is 19.4. The number of rotatable bonds is 2. The highest BCUT2D eigenvalue weighted by Gasteiger charge is 2.54. The van der Waals surface area contributed by atoms with Crippen molar-refractivity contribution in [3.63, 3.8) is 0 Å². The van der Waals surface area contributed by atoms with Gasteiger partial charge in [-0.25, -0.2) is 0 Å². The fourth-order valence-corrected chi connectivity index (χ4v) is 2.11. The molecule has 2 heteroatoms. The Balaban J connectivity index is 2.36. The second-order valence-corrected chi connectivity index (χ2v) is 5.02. The molecule has 0 bridgehead atoms. The first-order chi connectivity index (χ1) is 6.46. The van der Waals surface area contributed by atoms with Crippen LogP contribution in [0.25, 0.3) is 0 Å². The van der Waals surface area contributed by atoms with Crippen molar-refractivity contribution in [2.75, 3.05) is 0 Å². The fraction of sp³-hybridized carbons (Fsp3) is 0.583. The molecule has 14 heavy (non-hydrogen) atoms. The Morgan fingerprint density at radius 2 is 2.00 bits per heavy atom. The van der Waals surface area contributed by atoms with Crippen LogP contribution in [0.4, 0.5) is 0 Å². The van der Waals surface area contributed by atoms with Crippen molar-refractivity contribution in [3.05, 3.63) is 29.6 Å². The van der Waals surface area contributed by atoms with Gasteiger partial charge in [-0.3, -0.25) is 4.98 Å². The first-order valence-electron chi connectivity index (χ1n) is 5.18. The Morgan fingerprint density at radius 3 is 2.36 bits per heavy atom. The van der Waals surface area contributed by atoms with E-state index in [2.05, 4.69) is 37.9 Å². The van der Waals surface area contributed by atoms with Gasteiger partial charge in [0.15, 0.2) is 0 Å². The molecular formula is C12H18N2. The largest absolute Gasteiger partial charge is 0.325 e. The molecule has 1 heterocycles. The third-order valence-corrected chi connectivity index (χ3v) is 3.39. The van der Waals surface area contributed by atoms with Crippen molar-refractivity contribution in [1.82, 2.24) is 4.98 Å². The third-order valence-electron chi connectivity index (χ3n) is 3.39. The molecule has 0 aromatic carbocycles. The van der Waals surface area contributed by atoms with Gasteiger partial charge in [0, 0.05) is 22.8 Å². The van der Waals surface area contributed by atoms with E-state index in [0.29, 0.717) is 0 Å². The zero-order valence-electron chi connectivity index (χ0n) is 9.17. The lowest BCUT2D eigenvalue weighted by Gasteiger charge is -2.30. The Morgan fingerprint density at radius 1 is 1.36 bits per heavy atom. The molecule has 1 aromatic heterocycles. The van der Waals surface area contributed by atoms with Crippen LogP contribution in [0, 0.1) is 6.92 Å². The van der Waals surface area contributed by atoms with Crippen LogP contribution >= 0.6 is 0 Å². The predicted octanol–water partition coefficient (Wildman–Crippen LogP) is 2.16. The summed E-state index contributed by atoms with van der Waals surface area (Å²) in [6.07, 6.45) is 4.28. The van der Waals surface area contributed by atoms with Crippen LogP contribution < -0.4 is 5.73 Å². The molecular weight excluding hydrogens is 172 g/mol. The number of nitrogens with two attached hydrogens (primary N) is 1. The van der Waals surface area contributed by atoms with Crippen LogP contribution in [0.5, 0.6) is 0 Å². The monoisotopic (exact) mass is 190 g/mol. The van der Waals surface area contributed by atoms with Crippen LogP contribution in [0.3, 0.4) is 0 Å². The first kappa shape index (κ1) is 9.66. The lowest BCUT2D eigenvalue weighted by atomic mass is 9.82. The maximum Gasteiger partial charge on any atom is 0.0483 e. The van der Waals surface area contributed by atoms with E-state index < -0.39 is 0 Å². The fourth-order valence-electron chi connectivity index (χ4n) is 2.11. The smallest absolute Gasteiger partial charge is 0.0483 e. The van der Waals surface area contributed by atoms with E-state index in [4.69, 9.17) is 5.73 Å². The molecule has 2 rings (SSSR count). The molecule has 0 saturated heterocycles. The van der Waals surface area contributed by atoms with Crippen molar-refractivity contribution in [3.8, 4) is 0 Å². The molecule has 2 nitrogen and oxygen atoms in total. The Bertz CT molecular complexity index is 328. The Labute approximate surface area is 85.5 Å². The van der Waals surface area contributed by atoms with Crippen LogP contribution in [0.2, 0.25) is 0 Å². The van der Waals surface area contributed by atoms with Crippen molar-refractivity contribution in [2.24, 2.45) is 5.73 Å². The van der Waals surface area contributed by atoms with Crippen molar-refractivity contribution < 1.29 is 0 Å². The van der Waals surface area contributed by atoms with E-state index in [1.807, 2.05) is 6.20 Å². The van der Waals surface area contributed by atoms with Gasteiger partial charge >= 0.3 is 0 Å². The average molecular weight is 190 g/mol. The first-order valence-corrected chi connectivity index (χ1v) is 5.18. The van der Waals surface area contributed by atoms with E-state index in [1.165, 1.54) is 18.4 Å². The summed E-state index contributed by atoms with van der Waals surface area (Å²) < 4.78 is 0. The molecule has 0 atom stereocenters. The molecule has 1 aliphatic rings. The minimum Gasteiger partial charge on any atom is -0.325 e. The number of hydrogen-bond acceptors (Lipinski definition) is 2. The van der Waals surface area contributed by atoms with E-state index in [9.17, 15) is 0 Å². The van der Waals surface area contributed by atoms with Crippen molar-refractivity contribution >= 4 is 0 Å². The Kier molecular flexibility index (Phi) is 1.93. The SMILES string of the molecule is Cc1ccc(C2(C(C)(C)N)CC2)nc1. The summed E-state index contributed by atoms with van der Waals surface area (Å²) in [4.78, 5) is 4.50. The van der Waals surface area contributed by atoms with E-state index >= 15 is 0 Å². The zero-order chi connectivity index (χ0) is 10.4. The highest BCUT2D eigenvalue weighted by molar-refractivity contribution is 5.31. The third kappa shape index (κ3) is 1.34. The van der Waals surface area contributed by atoms with E-state index in [1.54, 1.807) is 0 Å². The summed E-state index contributed by atoms with van der Waals surface area (Å²) in [5.74, 6) is 0. The second-order valence-electron chi connectivity index (χ2n) is 5.02. The Hall–Kier alpha value is -0.890. The minimum atomic E-state index is -0.157. The van der Waals surface area contributed by atoms with Gasteiger partial charge in [-0.2, -0.15) is 0 Å². The van der Waals surface area contributed by atoms with Gasteiger partial charge in [0.25, 0.3) is 0 Å². The standard InChI is InChI=1S/C12H18N2/c1-9-4-5-10(14-8-9)12(6-7-12)11(2,3)13/h4-5,8H,6-7,13H2,1-3H3. The molecule has 2 N–H and O–H groups in total. The van der Waals surface area contributed by atoms with E-state index in [-0.39, 0.29) is 11.0 Å². The van der Waals surface area contributed by atoms with Gasteiger partial charge in [0.1, 0.15) is 0 Å². The topological polar surface area (TPSA) is 38.9 Å². The number of aryl methyl sites for hydroxylation is 1. The lowest BCUT2D eigenvalue weighted by Crippen LogP contribution is -2.45. The summed E-state index contributed by atoms with van der Waals surface area (Å²) in [5.41, 5.74) is 8.56. The second kappa shape index (κ2) is 2.80. The van der Waals surface area contributed by atoms with Gasteiger partial charge in [-0.05, 0) is 45.2 Å². The predicted molar refractivity (Wildman–Crippen MR) is 58.2 cm³/mol. The van der Waals surface area contributed by atoms with Gasteiger partial charge in [0.2, 0.25) is 0 Å². The number of hydrogen-bond donors (Lipinski definition) is 1. The van der Waals surface area contributed by atoms with Crippen LogP contribution in [0.15, 0.2) is 18.3 Å². The number of nitrogens with zero attached hydrogens (tertiary/aromatic N) is 1. The molecule has 1 saturated carbocycles. The van der Waals surface area contributed by atoms with Crippen LogP contribution in [-0.4, -0.2) is 10.5 Å². The number of pyridine rings is 1. The minimum absolute atomic E-state index is 0.140. The van der Waals surface area contributed by atoms with E-state index in [0.717, 1.165) is 5.69 Å². The highest BCUT2D eigenvalue weighted by atomic mass is 14.9. The highest BCUT2D eigenvalue weighted by Crippen LogP contribution is 2.53. The van der Waals surface area contributed by atoms with Crippen LogP contribution in [-0.2, 0) is 5.41 Å². The molecule has 76 valence electrons. The summed E-state index contributed by atoms with van der Waals surface area (Å²) >= 11 is 0.